The van der Waals surface area contributed by atoms with Gasteiger partial charge in [-0.1, -0.05) is 31.2 Å². The van der Waals surface area contributed by atoms with Crippen molar-refractivity contribution in [1.29, 1.82) is 0 Å². The van der Waals surface area contributed by atoms with Gasteiger partial charge in [0.2, 0.25) is 10.0 Å². The lowest BCUT2D eigenvalue weighted by Gasteiger charge is -2.25. The van der Waals surface area contributed by atoms with Gasteiger partial charge in [0, 0.05) is 29.0 Å². The molecule has 0 amide bonds. The van der Waals surface area contributed by atoms with Crippen LogP contribution in [0.25, 0.3) is 10.8 Å². The molecule has 0 bridgehead atoms. The molecule has 2 rings (SSSR count). The van der Waals surface area contributed by atoms with E-state index >= 15 is 0 Å². The van der Waals surface area contributed by atoms with Crippen LogP contribution in [0.3, 0.4) is 0 Å². The highest BCUT2D eigenvalue weighted by Gasteiger charge is 2.27. The van der Waals surface area contributed by atoms with Crippen LogP contribution in [-0.2, 0) is 10.0 Å². The highest BCUT2D eigenvalue weighted by molar-refractivity contribution is 7.89. The fourth-order valence-electron chi connectivity index (χ4n) is 2.46. The number of nitrogen functional groups attached to an aromatic ring is 1. The summed E-state index contributed by atoms with van der Waals surface area (Å²) < 4.78 is 27.1. The van der Waals surface area contributed by atoms with E-state index in [9.17, 15) is 8.42 Å². The van der Waals surface area contributed by atoms with Crippen molar-refractivity contribution in [2.45, 2.75) is 31.7 Å². The molecule has 0 unspecified atom stereocenters. The predicted molar refractivity (Wildman–Crippen MR) is 83.1 cm³/mol. The minimum atomic E-state index is -3.52. The molecule has 0 saturated heterocycles. The predicted octanol–water partition coefficient (Wildman–Crippen LogP) is 2.84. The summed E-state index contributed by atoms with van der Waals surface area (Å²) in [7, 11) is -3.52. The van der Waals surface area contributed by atoms with Crippen LogP contribution in [0.2, 0.25) is 0 Å². The van der Waals surface area contributed by atoms with Crippen LogP contribution < -0.4 is 5.73 Å². The molecule has 0 aliphatic carbocycles. The fraction of sp³-hybridized carbons (Fsp3) is 0.333. The summed E-state index contributed by atoms with van der Waals surface area (Å²) in [6.45, 7) is 6.04. The van der Waals surface area contributed by atoms with E-state index in [0.29, 0.717) is 22.5 Å². The van der Waals surface area contributed by atoms with Crippen LogP contribution in [0.4, 0.5) is 5.69 Å². The highest BCUT2D eigenvalue weighted by atomic mass is 32.2. The van der Waals surface area contributed by atoms with Crippen molar-refractivity contribution in [1.82, 2.24) is 4.31 Å². The van der Waals surface area contributed by atoms with E-state index < -0.39 is 10.0 Å². The zero-order valence-corrected chi connectivity index (χ0v) is 12.8. The van der Waals surface area contributed by atoms with Gasteiger partial charge >= 0.3 is 0 Å². The Morgan fingerprint density at radius 3 is 2.25 bits per heavy atom. The second-order valence-electron chi connectivity index (χ2n) is 5.00. The Morgan fingerprint density at radius 1 is 1.10 bits per heavy atom. The molecule has 0 fully saturated rings. The van der Waals surface area contributed by atoms with Crippen molar-refractivity contribution in [3.63, 3.8) is 0 Å². The van der Waals surface area contributed by atoms with Crippen LogP contribution in [0, 0.1) is 0 Å². The number of nitrogens with two attached hydrogens (primary N) is 1. The molecule has 0 heterocycles. The number of nitrogens with zero attached hydrogens (tertiary/aromatic N) is 1. The standard InChI is InChI=1S/C15H20N2O2S/c1-4-17(11(2)3)20(18,19)15-10-9-14(16)12-7-5-6-8-13(12)15/h5-11H,4,16H2,1-3H3. The van der Waals surface area contributed by atoms with Crippen LogP contribution in [0.1, 0.15) is 20.8 Å². The first kappa shape index (κ1) is 14.8. The van der Waals surface area contributed by atoms with Gasteiger partial charge in [-0.05, 0) is 26.0 Å². The number of anilines is 1. The largest absolute Gasteiger partial charge is 0.398 e. The highest BCUT2D eigenvalue weighted by Crippen LogP contribution is 2.30. The lowest BCUT2D eigenvalue weighted by molar-refractivity contribution is 0.369. The summed E-state index contributed by atoms with van der Waals surface area (Å²) in [5, 5.41) is 1.44. The van der Waals surface area contributed by atoms with Gasteiger partial charge < -0.3 is 5.73 Å². The van der Waals surface area contributed by atoms with E-state index in [1.54, 1.807) is 18.2 Å². The summed E-state index contributed by atoms with van der Waals surface area (Å²) >= 11 is 0. The van der Waals surface area contributed by atoms with Crippen LogP contribution in [0.5, 0.6) is 0 Å². The number of sulfonamides is 1. The van der Waals surface area contributed by atoms with E-state index in [0.717, 1.165) is 5.39 Å². The molecule has 2 N–H and O–H groups in total. The Hall–Kier alpha value is -1.59. The molecule has 5 heteroatoms. The van der Waals surface area contributed by atoms with Gasteiger partial charge in [0.1, 0.15) is 0 Å². The van der Waals surface area contributed by atoms with Gasteiger partial charge in [0.15, 0.2) is 0 Å². The summed E-state index contributed by atoms with van der Waals surface area (Å²) in [4.78, 5) is 0.317. The summed E-state index contributed by atoms with van der Waals surface area (Å²) in [5.74, 6) is 0. The van der Waals surface area contributed by atoms with Crippen molar-refractivity contribution in [2.75, 3.05) is 12.3 Å². The summed E-state index contributed by atoms with van der Waals surface area (Å²) in [6.07, 6.45) is 0. The topological polar surface area (TPSA) is 63.4 Å². The normalized spacial score (nSPS) is 12.4. The number of benzene rings is 2. The number of hydrogen-bond acceptors (Lipinski definition) is 3. The minimum Gasteiger partial charge on any atom is -0.398 e. The molecule has 4 nitrogen and oxygen atoms in total. The zero-order valence-electron chi connectivity index (χ0n) is 12.0. The molecule has 108 valence electrons. The molecule has 20 heavy (non-hydrogen) atoms. The number of rotatable bonds is 4. The first-order valence-corrected chi connectivity index (χ1v) is 8.12. The van der Waals surface area contributed by atoms with Crippen molar-refractivity contribution in [3.05, 3.63) is 36.4 Å². The maximum atomic E-state index is 12.8. The summed E-state index contributed by atoms with van der Waals surface area (Å²) in [6, 6.07) is 10.5. The molecule has 0 aromatic heterocycles. The fourth-order valence-corrected chi connectivity index (χ4v) is 4.30. The van der Waals surface area contributed by atoms with Crippen LogP contribution in [0.15, 0.2) is 41.3 Å². The lowest BCUT2D eigenvalue weighted by Crippen LogP contribution is -2.36. The van der Waals surface area contributed by atoms with Crippen LogP contribution >= 0.6 is 0 Å². The Bertz CT molecular complexity index is 724. The van der Waals surface area contributed by atoms with E-state index in [1.165, 1.54) is 4.31 Å². The first-order chi connectivity index (χ1) is 9.39. The molecular weight excluding hydrogens is 272 g/mol. The van der Waals surface area contributed by atoms with Crippen molar-refractivity contribution < 1.29 is 8.42 Å². The molecular formula is C15H20N2O2S. The monoisotopic (exact) mass is 292 g/mol. The second kappa shape index (κ2) is 5.42. The third-order valence-corrected chi connectivity index (χ3v) is 5.60. The Labute approximate surface area is 120 Å². The zero-order chi connectivity index (χ0) is 14.9. The number of fused-ring (bicyclic) bond motifs is 1. The van der Waals surface area contributed by atoms with E-state index in [2.05, 4.69) is 0 Å². The average Bonchev–Trinajstić information content (AvgIpc) is 2.39. The van der Waals surface area contributed by atoms with E-state index in [-0.39, 0.29) is 6.04 Å². The van der Waals surface area contributed by atoms with Gasteiger partial charge in [-0.3, -0.25) is 0 Å². The Balaban J connectivity index is 2.73. The van der Waals surface area contributed by atoms with Gasteiger partial charge in [-0.25, -0.2) is 8.42 Å². The molecule has 2 aromatic carbocycles. The van der Waals surface area contributed by atoms with E-state index in [1.807, 2.05) is 39.0 Å². The molecule has 0 radical (unpaired) electrons. The summed E-state index contributed by atoms with van der Waals surface area (Å²) in [5.41, 5.74) is 6.52. The third-order valence-electron chi connectivity index (χ3n) is 3.39. The minimum absolute atomic E-state index is 0.0821. The second-order valence-corrected chi connectivity index (χ2v) is 6.86. The van der Waals surface area contributed by atoms with Crippen molar-refractivity contribution in [2.24, 2.45) is 0 Å². The van der Waals surface area contributed by atoms with Crippen LogP contribution in [-0.4, -0.2) is 25.3 Å². The maximum absolute atomic E-state index is 12.8. The molecule has 0 atom stereocenters. The Kier molecular flexibility index (Phi) is 4.01. The van der Waals surface area contributed by atoms with Gasteiger partial charge in [-0.15, -0.1) is 0 Å². The number of hydrogen-bond donors (Lipinski definition) is 1. The first-order valence-electron chi connectivity index (χ1n) is 6.68. The third kappa shape index (κ3) is 2.39. The molecule has 0 saturated carbocycles. The van der Waals surface area contributed by atoms with Gasteiger partial charge in [0.25, 0.3) is 0 Å². The smallest absolute Gasteiger partial charge is 0.243 e. The Morgan fingerprint density at radius 2 is 1.70 bits per heavy atom. The van der Waals surface area contributed by atoms with Gasteiger partial charge in [0.05, 0.1) is 4.90 Å². The lowest BCUT2D eigenvalue weighted by atomic mass is 10.1. The van der Waals surface area contributed by atoms with E-state index in [4.69, 9.17) is 5.73 Å². The maximum Gasteiger partial charge on any atom is 0.243 e. The quantitative estimate of drug-likeness (QED) is 0.881. The van der Waals surface area contributed by atoms with Crippen molar-refractivity contribution in [3.8, 4) is 0 Å². The van der Waals surface area contributed by atoms with Crippen molar-refractivity contribution >= 4 is 26.5 Å². The SMILES string of the molecule is CCN(C(C)C)S(=O)(=O)c1ccc(N)c2ccccc12. The molecule has 0 spiro atoms. The van der Waals surface area contributed by atoms with Gasteiger partial charge in [-0.2, -0.15) is 4.31 Å². The average molecular weight is 292 g/mol. The molecule has 0 aliphatic heterocycles. The molecule has 2 aromatic rings. The molecule has 0 aliphatic rings.